The first-order valence-electron chi connectivity index (χ1n) is 7.27. The SMILES string of the molecule is CCC(CC)NC(=O)C(C)NCc1cccc(OC)c1. The van der Waals surface area contributed by atoms with E-state index in [1.807, 2.05) is 31.2 Å². The van der Waals surface area contributed by atoms with Crippen LogP contribution in [0.5, 0.6) is 5.75 Å². The van der Waals surface area contributed by atoms with Gasteiger partial charge in [-0.25, -0.2) is 0 Å². The fourth-order valence-electron chi connectivity index (χ4n) is 1.97. The van der Waals surface area contributed by atoms with Crippen LogP contribution >= 0.6 is 0 Å². The van der Waals surface area contributed by atoms with Crippen molar-refractivity contribution in [1.29, 1.82) is 0 Å². The van der Waals surface area contributed by atoms with Crippen molar-refractivity contribution < 1.29 is 9.53 Å². The smallest absolute Gasteiger partial charge is 0.237 e. The van der Waals surface area contributed by atoms with Crippen LogP contribution in [0.15, 0.2) is 24.3 Å². The maximum Gasteiger partial charge on any atom is 0.237 e. The molecular weight excluding hydrogens is 252 g/mol. The summed E-state index contributed by atoms with van der Waals surface area (Å²) in [5.41, 5.74) is 1.10. The van der Waals surface area contributed by atoms with Gasteiger partial charge in [-0.2, -0.15) is 0 Å². The van der Waals surface area contributed by atoms with Gasteiger partial charge < -0.3 is 15.4 Å². The van der Waals surface area contributed by atoms with Crippen molar-refractivity contribution in [1.82, 2.24) is 10.6 Å². The van der Waals surface area contributed by atoms with Crippen molar-refractivity contribution in [2.24, 2.45) is 0 Å². The molecule has 0 heterocycles. The van der Waals surface area contributed by atoms with Crippen molar-refractivity contribution in [2.75, 3.05) is 7.11 Å². The Morgan fingerprint density at radius 1 is 1.30 bits per heavy atom. The first-order chi connectivity index (χ1) is 9.60. The molecule has 4 nitrogen and oxygen atoms in total. The minimum atomic E-state index is -0.207. The molecule has 1 aromatic rings. The summed E-state index contributed by atoms with van der Waals surface area (Å²) in [4.78, 5) is 12.0. The van der Waals surface area contributed by atoms with E-state index in [9.17, 15) is 4.79 Å². The van der Waals surface area contributed by atoms with E-state index in [2.05, 4.69) is 24.5 Å². The number of amides is 1. The molecule has 4 heteroatoms. The van der Waals surface area contributed by atoms with Gasteiger partial charge in [0.05, 0.1) is 13.2 Å². The Hall–Kier alpha value is -1.55. The molecule has 0 saturated carbocycles. The summed E-state index contributed by atoms with van der Waals surface area (Å²) in [6.45, 7) is 6.71. The quantitative estimate of drug-likeness (QED) is 0.768. The molecule has 2 N–H and O–H groups in total. The van der Waals surface area contributed by atoms with E-state index in [-0.39, 0.29) is 18.0 Å². The Kier molecular flexibility index (Phi) is 7.09. The highest BCUT2D eigenvalue weighted by Crippen LogP contribution is 2.12. The van der Waals surface area contributed by atoms with E-state index < -0.39 is 0 Å². The van der Waals surface area contributed by atoms with Crippen LogP contribution in [0.25, 0.3) is 0 Å². The Labute approximate surface area is 121 Å². The monoisotopic (exact) mass is 278 g/mol. The Morgan fingerprint density at radius 2 is 2.00 bits per heavy atom. The van der Waals surface area contributed by atoms with Crippen LogP contribution < -0.4 is 15.4 Å². The summed E-state index contributed by atoms with van der Waals surface area (Å²) in [6.07, 6.45) is 1.93. The molecule has 112 valence electrons. The van der Waals surface area contributed by atoms with Crippen LogP contribution in [0.4, 0.5) is 0 Å². The summed E-state index contributed by atoms with van der Waals surface area (Å²) >= 11 is 0. The third-order valence-corrected chi connectivity index (χ3v) is 3.47. The molecule has 0 saturated heterocycles. The van der Waals surface area contributed by atoms with Gasteiger partial charge in [0.25, 0.3) is 0 Å². The van der Waals surface area contributed by atoms with Crippen molar-refractivity contribution >= 4 is 5.91 Å². The van der Waals surface area contributed by atoms with Crippen molar-refractivity contribution in [3.63, 3.8) is 0 Å². The molecular formula is C16H26N2O2. The van der Waals surface area contributed by atoms with Crippen LogP contribution in [-0.4, -0.2) is 25.1 Å². The number of hydrogen-bond donors (Lipinski definition) is 2. The lowest BCUT2D eigenvalue weighted by atomic mass is 10.1. The van der Waals surface area contributed by atoms with Crippen LogP contribution in [-0.2, 0) is 11.3 Å². The zero-order chi connectivity index (χ0) is 15.0. The van der Waals surface area contributed by atoms with Gasteiger partial charge in [0.1, 0.15) is 5.75 Å². The topological polar surface area (TPSA) is 50.4 Å². The number of benzene rings is 1. The van der Waals surface area contributed by atoms with Crippen molar-refractivity contribution in [2.45, 2.75) is 52.2 Å². The van der Waals surface area contributed by atoms with Gasteiger partial charge in [0, 0.05) is 12.6 Å². The standard InChI is InChI=1S/C16H26N2O2/c1-5-14(6-2)18-16(19)12(3)17-11-13-8-7-9-15(10-13)20-4/h7-10,12,14,17H,5-6,11H2,1-4H3,(H,18,19). The van der Waals surface area contributed by atoms with Gasteiger partial charge >= 0.3 is 0 Å². The van der Waals surface area contributed by atoms with E-state index in [4.69, 9.17) is 4.74 Å². The average Bonchev–Trinajstić information content (AvgIpc) is 2.50. The first-order valence-corrected chi connectivity index (χ1v) is 7.27. The molecule has 0 aromatic heterocycles. The highest BCUT2D eigenvalue weighted by Gasteiger charge is 2.15. The second kappa shape index (κ2) is 8.59. The maximum atomic E-state index is 12.0. The number of methoxy groups -OCH3 is 1. The molecule has 1 rings (SSSR count). The van der Waals surface area contributed by atoms with Gasteiger partial charge in [-0.05, 0) is 37.5 Å². The second-order valence-corrected chi connectivity index (χ2v) is 4.98. The Balaban J connectivity index is 2.45. The lowest BCUT2D eigenvalue weighted by Gasteiger charge is -2.19. The van der Waals surface area contributed by atoms with Gasteiger partial charge in [-0.15, -0.1) is 0 Å². The Bertz CT molecular complexity index is 417. The molecule has 1 atom stereocenters. The summed E-state index contributed by atoms with van der Waals surface area (Å²) < 4.78 is 5.18. The lowest BCUT2D eigenvalue weighted by Crippen LogP contribution is -2.45. The number of nitrogens with one attached hydrogen (secondary N) is 2. The highest BCUT2D eigenvalue weighted by atomic mass is 16.5. The molecule has 20 heavy (non-hydrogen) atoms. The lowest BCUT2D eigenvalue weighted by molar-refractivity contribution is -0.123. The van der Waals surface area contributed by atoms with Gasteiger partial charge in [0.15, 0.2) is 0 Å². The minimum absolute atomic E-state index is 0.0570. The largest absolute Gasteiger partial charge is 0.497 e. The number of hydrogen-bond acceptors (Lipinski definition) is 3. The van der Waals surface area contributed by atoms with Crippen molar-refractivity contribution in [3.05, 3.63) is 29.8 Å². The number of carbonyl (C=O) groups excluding carboxylic acids is 1. The van der Waals surface area contributed by atoms with Crippen LogP contribution in [0, 0.1) is 0 Å². The molecule has 1 unspecified atom stereocenters. The highest BCUT2D eigenvalue weighted by molar-refractivity contribution is 5.81. The van der Waals surface area contributed by atoms with E-state index in [1.165, 1.54) is 0 Å². The molecule has 0 bridgehead atoms. The molecule has 0 aliphatic heterocycles. The second-order valence-electron chi connectivity index (χ2n) is 4.98. The molecule has 0 aliphatic carbocycles. The number of ether oxygens (including phenoxy) is 1. The first kappa shape index (κ1) is 16.5. The third-order valence-electron chi connectivity index (χ3n) is 3.47. The fourth-order valence-corrected chi connectivity index (χ4v) is 1.97. The average molecular weight is 278 g/mol. The minimum Gasteiger partial charge on any atom is -0.497 e. The summed E-state index contributed by atoms with van der Waals surface area (Å²) in [6, 6.07) is 7.90. The number of rotatable bonds is 8. The predicted molar refractivity (Wildman–Crippen MR) is 81.8 cm³/mol. The van der Waals surface area contributed by atoms with E-state index >= 15 is 0 Å². The summed E-state index contributed by atoms with van der Waals surface area (Å²) in [7, 11) is 1.65. The molecule has 0 aliphatic rings. The fraction of sp³-hybridized carbons (Fsp3) is 0.562. The maximum absolute atomic E-state index is 12.0. The van der Waals surface area contributed by atoms with E-state index in [0.29, 0.717) is 6.54 Å². The zero-order valence-electron chi connectivity index (χ0n) is 12.9. The van der Waals surface area contributed by atoms with E-state index in [0.717, 1.165) is 24.2 Å². The number of carbonyl (C=O) groups is 1. The molecule has 1 aromatic carbocycles. The van der Waals surface area contributed by atoms with Crippen LogP contribution in [0.3, 0.4) is 0 Å². The normalized spacial score (nSPS) is 12.2. The van der Waals surface area contributed by atoms with Gasteiger partial charge in [-0.1, -0.05) is 26.0 Å². The predicted octanol–water partition coefficient (Wildman–Crippen LogP) is 2.48. The Morgan fingerprint density at radius 3 is 2.60 bits per heavy atom. The molecule has 0 radical (unpaired) electrons. The molecule has 0 fully saturated rings. The summed E-state index contributed by atoms with van der Waals surface area (Å²) in [5, 5.41) is 6.28. The zero-order valence-corrected chi connectivity index (χ0v) is 12.9. The molecule has 1 amide bonds. The van der Waals surface area contributed by atoms with Crippen LogP contribution in [0.2, 0.25) is 0 Å². The van der Waals surface area contributed by atoms with E-state index in [1.54, 1.807) is 7.11 Å². The van der Waals surface area contributed by atoms with Crippen molar-refractivity contribution in [3.8, 4) is 5.75 Å². The van der Waals surface area contributed by atoms with Gasteiger partial charge in [0.2, 0.25) is 5.91 Å². The van der Waals surface area contributed by atoms with Gasteiger partial charge in [-0.3, -0.25) is 4.79 Å². The molecule has 0 spiro atoms. The van der Waals surface area contributed by atoms with Crippen LogP contribution in [0.1, 0.15) is 39.2 Å². The third kappa shape index (κ3) is 5.21. The summed E-state index contributed by atoms with van der Waals surface area (Å²) in [5.74, 6) is 0.889.